The number of allylic oxidation sites excluding steroid dienone is 1. The molecule has 5 heteroatoms. The Balaban J connectivity index is 1.44. The summed E-state index contributed by atoms with van der Waals surface area (Å²) in [6, 6.07) is 5.18. The van der Waals surface area contributed by atoms with Gasteiger partial charge in [-0.1, -0.05) is 11.6 Å². The van der Waals surface area contributed by atoms with Crippen LogP contribution in [0.1, 0.15) is 32.1 Å². The number of carbonyl (C=O) groups is 1. The summed E-state index contributed by atoms with van der Waals surface area (Å²) in [6.07, 6.45) is 8.16. The molecule has 2 aliphatic rings. The van der Waals surface area contributed by atoms with Crippen LogP contribution in [0.5, 0.6) is 11.5 Å². The van der Waals surface area contributed by atoms with Crippen molar-refractivity contribution >= 4 is 11.7 Å². The lowest BCUT2D eigenvalue weighted by molar-refractivity contribution is 0.174. The SMILES string of the molecule is O=C(NCCC1=CCCCC1)Nc1ccc2c(c1)OCO2. The number of ether oxygens (including phenoxy) is 2. The van der Waals surface area contributed by atoms with Gasteiger partial charge in [0.2, 0.25) is 6.79 Å². The number of hydrogen-bond acceptors (Lipinski definition) is 3. The fourth-order valence-electron chi connectivity index (χ4n) is 2.62. The summed E-state index contributed by atoms with van der Waals surface area (Å²) in [6.45, 7) is 0.905. The van der Waals surface area contributed by atoms with Gasteiger partial charge in [-0.3, -0.25) is 0 Å². The number of amides is 2. The standard InChI is InChI=1S/C16H20N2O3/c19-16(17-9-8-12-4-2-1-3-5-12)18-13-6-7-14-15(10-13)21-11-20-14/h4,6-7,10H,1-3,5,8-9,11H2,(H2,17,18,19). The molecule has 0 saturated carbocycles. The Morgan fingerprint density at radius 1 is 1.19 bits per heavy atom. The van der Waals surface area contributed by atoms with Gasteiger partial charge in [-0.2, -0.15) is 0 Å². The van der Waals surface area contributed by atoms with Gasteiger partial charge in [-0.25, -0.2) is 4.79 Å². The number of benzene rings is 1. The fourth-order valence-corrected chi connectivity index (χ4v) is 2.62. The van der Waals surface area contributed by atoms with Crippen LogP contribution >= 0.6 is 0 Å². The lowest BCUT2D eigenvalue weighted by Crippen LogP contribution is -2.29. The van der Waals surface area contributed by atoms with Gasteiger partial charge in [0.25, 0.3) is 0 Å². The first-order chi connectivity index (χ1) is 10.3. The molecule has 0 unspecified atom stereocenters. The van der Waals surface area contributed by atoms with E-state index >= 15 is 0 Å². The van der Waals surface area contributed by atoms with E-state index in [0.29, 0.717) is 23.7 Å². The van der Waals surface area contributed by atoms with Crippen LogP contribution in [0.25, 0.3) is 0 Å². The van der Waals surface area contributed by atoms with Crippen LogP contribution in [0, 0.1) is 0 Å². The average Bonchev–Trinajstić information content (AvgIpc) is 2.96. The Kier molecular flexibility index (Phi) is 4.28. The van der Waals surface area contributed by atoms with Gasteiger partial charge in [0, 0.05) is 18.3 Å². The van der Waals surface area contributed by atoms with Crippen LogP contribution in [0.15, 0.2) is 29.8 Å². The first-order valence-corrected chi connectivity index (χ1v) is 7.44. The lowest BCUT2D eigenvalue weighted by atomic mass is 9.97. The maximum Gasteiger partial charge on any atom is 0.319 e. The quantitative estimate of drug-likeness (QED) is 0.834. The average molecular weight is 288 g/mol. The third-order valence-corrected chi connectivity index (χ3v) is 3.75. The molecule has 0 fully saturated rings. The number of carbonyl (C=O) groups excluding carboxylic acids is 1. The molecule has 0 bridgehead atoms. The van der Waals surface area contributed by atoms with Gasteiger partial charge in [0.15, 0.2) is 11.5 Å². The number of urea groups is 1. The summed E-state index contributed by atoms with van der Waals surface area (Å²) in [5, 5.41) is 5.69. The zero-order valence-corrected chi connectivity index (χ0v) is 12.0. The van der Waals surface area contributed by atoms with E-state index in [1.54, 1.807) is 18.2 Å². The Hall–Kier alpha value is -2.17. The van der Waals surface area contributed by atoms with E-state index in [0.717, 1.165) is 6.42 Å². The predicted molar refractivity (Wildman–Crippen MR) is 80.8 cm³/mol. The van der Waals surface area contributed by atoms with Crippen molar-refractivity contribution in [1.82, 2.24) is 5.32 Å². The molecular weight excluding hydrogens is 268 g/mol. The highest BCUT2D eigenvalue weighted by atomic mass is 16.7. The predicted octanol–water partition coefficient (Wildman–Crippen LogP) is 3.43. The van der Waals surface area contributed by atoms with Crippen LogP contribution in [0.4, 0.5) is 10.5 Å². The number of anilines is 1. The van der Waals surface area contributed by atoms with Crippen LogP contribution in [-0.2, 0) is 0 Å². The van der Waals surface area contributed by atoms with Crippen molar-refractivity contribution in [2.24, 2.45) is 0 Å². The number of nitrogens with one attached hydrogen (secondary N) is 2. The molecule has 2 N–H and O–H groups in total. The van der Waals surface area contributed by atoms with E-state index in [1.165, 1.54) is 31.3 Å². The van der Waals surface area contributed by atoms with Crippen molar-refractivity contribution in [1.29, 1.82) is 0 Å². The highest BCUT2D eigenvalue weighted by Crippen LogP contribution is 2.34. The molecule has 112 valence electrons. The minimum Gasteiger partial charge on any atom is -0.454 e. The number of rotatable bonds is 4. The molecule has 2 amide bonds. The van der Waals surface area contributed by atoms with Gasteiger partial charge in [0.05, 0.1) is 0 Å². The van der Waals surface area contributed by atoms with E-state index in [4.69, 9.17) is 9.47 Å². The van der Waals surface area contributed by atoms with Crippen LogP contribution in [-0.4, -0.2) is 19.4 Å². The van der Waals surface area contributed by atoms with Gasteiger partial charge in [-0.15, -0.1) is 0 Å². The van der Waals surface area contributed by atoms with E-state index < -0.39 is 0 Å². The summed E-state index contributed by atoms with van der Waals surface area (Å²) in [5.41, 5.74) is 2.17. The largest absolute Gasteiger partial charge is 0.454 e. The second kappa shape index (κ2) is 6.52. The maximum atomic E-state index is 11.8. The Labute approximate surface area is 124 Å². The molecule has 1 aliphatic heterocycles. The van der Waals surface area contributed by atoms with Crippen LogP contribution in [0.3, 0.4) is 0 Å². The molecular formula is C16H20N2O3. The molecule has 0 aromatic heterocycles. The van der Waals surface area contributed by atoms with Gasteiger partial charge in [-0.05, 0) is 44.2 Å². The molecule has 21 heavy (non-hydrogen) atoms. The Bertz CT molecular complexity index is 554. The molecule has 3 rings (SSSR count). The zero-order chi connectivity index (χ0) is 14.5. The summed E-state index contributed by atoms with van der Waals surface area (Å²) >= 11 is 0. The molecule has 0 atom stereocenters. The van der Waals surface area contributed by atoms with Crippen LogP contribution in [0.2, 0.25) is 0 Å². The second-order valence-electron chi connectivity index (χ2n) is 5.31. The summed E-state index contributed by atoms with van der Waals surface area (Å²) in [5.74, 6) is 1.38. The fraction of sp³-hybridized carbons (Fsp3) is 0.438. The van der Waals surface area contributed by atoms with Gasteiger partial charge < -0.3 is 20.1 Å². The third-order valence-electron chi connectivity index (χ3n) is 3.75. The highest BCUT2D eigenvalue weighted by Gasteiger charge is 2.14. The molecule has 1 aromatic rings. The van der Waals surface area contributed by atoms with Crippen molar-refractivity contribution < 1.29 is 14.3 Å². The first kappa shape index (κ1) is 13.8. The molecule has 1 aromatic carbocycles. The lowest BCUT2D eigenvalue weighted by Gasteiger charge is -2.13. The summed E-state index contributed by atoms with van der Waals surface area (Å²) < 4.78 is 10.5. The van der Waals surface area contributed by atoms with Crippen LogP contribution < -0.4 is 20.1 Å². The second-order valence-corrected chi connectivity index (χ2v) is 5.31. The van der Waals surface area contributed by atoms with Crippen molar-refractivity contribution in [2.75, 3.05) is 18.7 Å². The van der Waals surface area contributed by atoms with E-state index in [2.05, 4.69) is 16.7 Å². The van der Waals surface area contributed by atoms with Crippen molar-refractivity contribution in [3.8, 4) is 11.5 Å². The maximum absolute atomic E-state index is 11.8. The molecule has 1 heterocycles. The van der Waals surface area contributed by atoms with E-state index in [9.17, 15) is 4.79 Å². The summed E-state index contributed by atoms with van der Waals surface area (Å²) in [7, 11) is 0. The zero-order valence-electron chi connectivity index (χ0n) is 12.0. The Morgan fingerprint density at radius 2 is 2.10 bits per heavy atom. The van der Waals surface area contributed by atoms with Crippen molar-refractivity contribution in [3.63, 3.8) is 0 Å². The Morgan fingerprint density at radius 3 is 2.95 bits per heavy atom. The normalized spacial score (nSPS) is 16.3. The van der Waals surface area contributed by atoms with Gasteiger partial charge in [0.1, 0.15) is 0 Å². The monoisotopic (exact) mass is 288 g/mol. The van der Waals surface area contributed by atoms with E-state index in [1.807, 2.05) is 0 Å². The number of hydrogen-bond donors (Lipinski definition) is 2. The van der Waals surface area contributed by atoms with Crippen molar-refractivity contribution in [3.05, 3.63) is 29.8 Å². The molecule has 0 spiro atoms. The third kappa shape index (κ3) is 3.68. The van der Waals surface area contributed by atoms with E-state index in [-0.39, 0.29) is 12.8 Å². The number of fused-ring (bicyclic) bond motifs is 1. The minimum absolute atomic E-state index is 0.190. The topological polar surface area (TPSA) is 59.6 Å². The molecule has 0 saturated heterocycles. The minimum atomic E-state index is -0.190. The smallest absolute Gasteiger partial charge is 0.319 e. The first-order valence-electron chi connectivity index (χ1n) is 7.44. The molecule has 5 nitrogen and oxygen atoms in total. The van der Waals surface area contributed by atoms with Gasteiger partial charge >= 0.3 is 6.03 Å². The molecule has 0 radical (unpaired) electrons. The highest BCUT2D eigenvalue weighted by molar-refractivity contribution is 5.89. The molecule has 1 aliphatic carbocycles. The van der Waals surface area contributed by atoms with Crippen molar-refractivity contribution in [2.45, 2.75) is 32.1 Å². The summed E-state index contributed by atoms with van der Waals surface area (Å²) in [4.78, 5) is 11.8.